The summed E-state index contributed by atoms with van der Waals surface area (Å²) in [6.45, 7) is 4.20. The molecule has 1 saturated carbocycles. The van der Waals surface area contributed by atoms with Gasteiger partial charge in [-0.3, -0.25) is 14.4 Å². The highest BCUT2D eigenvalue weighted by atomic mass is 16.2. The Morgan fingerprint density at radius 3 is 2.38 bits per heavy atom. The van der Waals surface area contributed by atoms with Crippen LogP contribution in [-0.2, 0) is 14.4 Å². The van der Waals surface area contributed by atoms with Crippen molar-refractivity contribution in [3.05, 3.63) is 34.2 Å². The fourth-order valence-electron chi connectivity index (χ4n) is 3.31. The van der Waals surface area contributed by atoms with E-state index in [-0.39, 0.29) is 11.8 Å². The van der Waals surface area contributed by atoms with Crippen LogP contribution in [-0.4, -0.2) is 25.3 Å². The van der Waals surface area contributed by atoms with Gasteiger partial charge in [0.2, 0.25) is 18.7 Å². The van der Waals surface area contributed by atoms with Crippen LogP contribution in [0.15, 0.2) is 34.2 Å². The normalized spacial score (nSPS) is 20.3. The van der Waals surface area contributed by atoms with E-state index in [2.05, 4.69) is 16.0 Å². The Morgan fingerprint density at radius 1 is 1.12 bits per heavy atom. The molecule has 2 rings (SSSR count). The van der Waals surface area contributed by atoms with E-state index in [0.717, 1.165) is 42.4 Å². The van der Waals surface area contributed by atoms with Gasteiger partial charge in [0.1, 0.15) is 0 Å². The molecule has 130 valence electrons. The number of nitrogens with one attached hydrogen (secondary N) is 3. The predicted molar refractivity (Wildman–Crippen MR) is 91.5 cm³/mol. The Bertz CT molecular complexity index is 611. The Hall–Kier alpha value is -2.37. The quantitative estimate of drug-likeness (QED) is 0.620. The van der Waals surface area contributed by atoms with E-state index in [9.17, 15) is 14.4 Å². The highest BCUT2D eigenvalue weighted by Crippen LogP contribution is 2.29. The van der Waals surface area contributed by atoms with Crippen LogP contribution in [0.4, 0.5) is 0 Å². The number of hydrogen-bond donors (Lipinski definition) is 3. The van der Waals surface area contributed by atoms with Crippen LogP contribution in [0.5, 0.6) is 0 Å². The van der Waals surface area contributed by atoms with E-state index < -0.39 is 0 Å². The SMILES string of the molecule is CC1=CC(=C(C)CNC(=O)C2CCCCC2)C(NC=O)=C1NC=O. The molecule has 0 unspecified atom stereocenters. The Morgan fingerprint density at radius 2 is 1.75 bits per heavy atom. The van der Waals surface area contributed by atoms with Crippen LogP contribution in [0.2, 0.25) is 0 Å². The highest BCUT2D eigenvalue weighted by molar-refractivity contribution is 5.79. The standard InChI is InChI=1S/C18H25N3O3/c1-12-8-15(17(21-11-23)16(12)20-10-22)13(2)9-19-18(24)14-6-4-3-5-7-14/h8,10-11,14H,3-7,9H2,1-2H3,(H,19,24)(H,20,22)(H,21,23). The molecule has 0 aromatic carbocycles. The molecule has 0 bridgehead atoms. The largest absolute Gasteiger partial charge is 0.352 e. The molecule has 2 aliphatic carbocycles. The minimum absolute atomic E-state index is 0.105. The predicted octanol–water partition coefficient (Wildman–Crippen LogP) is 1.66. The van der Waals surface area contributed by atoms with Gasteiger partial charge in [0.25, 0.3) is 0 Å². The van der Waals surface area contributed by atoms with Crippen LogP contribution in [0.3, 0.4) is 0 Å². The van der Waals surface area contributed by atoms with Gasteiger partial charge >= 0.3 is 0 Å². The van der Waals surface area contributed by atoms with Crippen molar-refractivity contribution < 1.29 is 14.4 Å². The van der Waals surface area contributed by atoms with Crippen molar-refractivity contribution >= 4 is 18.7 Å². The van der Waals surface area contributed by atoms with Gasteiger partial charge in [-0.2, -0.15) is 0 Å². The minimum Gasteiger partial charge on any atom is -0.352 e. The molecule has 0 spiro atoms. The molecule has 6 heteroatoms. The second-order valence-corrected chi connectivity index (χ2v) is 6.35. The zero-order valence-corrected chi connectivity index (χ0v) is 14.3. The molecule has 24 heavy (non-hydrogen) atoms. The van der Waals surface area contributed by atoms with Crippen molar-refractivity contribution in [2.45, 2.75) is 46.0 Å². The van der Waals surface area contributed by atoms with Gasteiger partial charge in [0.15, 0.2) is 0 Å². The van der Waals surface area contributed by atoms with Crippen molar-refractivity contribution in [1.29, 1.82) is 0 Å². The lowest BCUT2D eigenvalue weighted by atomic mass is 9.88. The van der Waals surface area contributed by atoms with Crippen LogP contribution < -0.4 is 16.0 Å². The summed E-state index contributed by atoms with van der Waals surface area (Å²) in [6, 6.07) is 0. The number of carbonyl (C=O) groups excluding carboxylic acids is 3. The molecule has 1 fully saturated rings. The molecule has 0 heterocycles. The molecular formula is C18H25N3O3. The third-order valence-electron chi connectivity index (χ3n) is 4.64. The molecule has 0 saturated heterocycles. The average Bonchev–Trinajstić information content (AvgIpc) is 2.90. The molecule has 6 nitrogen and oxygen atoms in total. The first kappa shape index (κ1) is 18.0. The van der Waals surface area contributed by atoms with Crippen LogP contribution in [0.1, 0.15) is 46.0 Å². The Kier molecular flexibility index (Phi) is 6.35. The lowest BCUT2D eigenvalue weighted by Gasteiger charge is -2.21. The van der Waals surface area contributed by atoms with Gasteiger partial charge in [0.05, 0.1) is 11.4 Å². The number of allylic oxidation sites excluding steroid dienone is 2. The van der Waals surface area contributed by atoms with E-state index in [0.29, 0.717) is 30.8 Å². The molecule has 0 atom stereocenters. The summed E-state index contributed by atoms with van der Waals surface area (Å²) in [7, 11) is 0. The van der Waals surface area contributed by atoms with E-state index >= 15 is 0 Å². The van der Waals surface area contributed by atoms with Crippen molar-refractivity contribution in [2.75, 3.05) is 6.54 Å². The second kappa shape index (κ2) is 8.47. The molecule has 0 aromatic rings. The van der Waals surface area contributed by atoms with Crippen LogP contribution in [0.25, 0.3) is 0 Å². The smallest absolute Gasteiger partial charge is 0.223 e. The first-order chi connectivity index (χ1) is 11.6. The molecule has 0 aliphatic heterocycles. The number of hydrogen-bond acceptors (Lipinski definition) is 3. The summed E-state index contributed by atoms with van der Waals surface area (Å²) in [5, 5.41) is 8.26. The monoisotopic (exact) mass is 331 g/mol. The Labute approximate surface area is 142 Å². The summed E-state index contributed by atoms with van der Waals surface area (Å²) >= 11 is 0. The number of rotatable bonds is 7. The third kappa shape index (κ3) is 4.13. The van der Waals surface area contributed by atoms with Crippen molar-refractivity contribution in [2.24, 2.45) is 5.92 Å². The summed E-state index contributed by atoms with van der Waals surface area (Å²) < 4.78 is 0. The van der Waals surface area contributed by atoms with Crippen molar-refractivity contribution in [3.63, 3.8) is 0 Å². The fraction of sp³-hybridized carbons (Fsp3) is 0.500. The number of carbonyl (C=O) groups is 3. The lowest BCUT2D eigenvalue weighted by Crippen LogP contribution is -2.33. The van der Waals surface area contributed by atoms with Gasteiger partial charge < -0.3 is 16.0 Å². The van der Waals surface area contributed by atoms with Crippen LogP contribution in [0, 0.1) is 5.92 Å². The molecule has 3 amide bonds. The summed E-state index contributed by atoms with van der Waals surface area (Å²) in [6.07, 6.45) is 8.46. The van der Waals surface area contributed by atoms with Gasteiger partial charge in [-0.1, -0.05) is 19.3 Å². The highest BCUT2D eigenvalue weighted by Gasteiger charge is 2.23. The zero-order chi connectivity index (χ0) is 17.5. The topological polar surface area (TPSA) is 87.3 Å². The third-order valence-corrected chi connectivity index (χ3v) is 4.64. The van der Waals surface area contributed by atoms with Gasteiger partial charge in [-0.25, -0.2) is 0 Å². The summed E-state index contributed by atoms with van der Waals surface area (Å²) in [5.41, 5.74) is 3.78. The lowest BCUT2D eigenvalue weighted by molar-refractivity contribution is -0.125. The second-order valence-electron chi connectivity index (χ2n) is 6.35. The molecule has 0 radical (unpaired) electrons. The molecular weight excluding hydrogens is 306 g/mol. The van der Waals surface area contributed by atoms with Crippen molar-refractivity contribution in [3.8, 4) is 0 Å². The number of amides is 3. The molecule has 3 N–H and O–H groups in total. The van der Waals surface area contributed by atoms with E-state index in [1.54, 1.807) is 0 Å². The van der Waals surface area contributed by atoms with Gasteiger partial charge in [-0.15, -0.1) is 0 Å². The van der Waals surface area contributed by atoms with E-state index in [4.69, 9.17) is 0 Å². The van der Waals surface area contributed by atoms with E-state index in [1.165, 1.54) is 6.42 Å². The minimum atomic E-state index is 0.105. The summed E-state index contributed by atoms with van der Waals surface area (Å²) in [4.78, 5) is 33.9. The molecule has 0 aromatic heterocycles. The maximum Gasteiger partial charge on any atom is 0.223 e. The zero-order valence-electron chi connectivity index (χ0n) is 14.3. The van der Waals surface area contributed by atoms with Gasteiger partial charge in [-0.05, 0) is 43.9 Å². The first-order valence-electron chi connectivity index (χ1n) is 8.39. The van der Waals surface area contributed by atoms with Crippen molar-refractivity contribution in [1.82, 2.24) is 16.0 Å². The Balaban J connectivity index is 2.10. The molecule has 2 aliphatic rings. The fourth-order valence-corrected chi connectivity index (χ4v) is 3.31. The average molecular weight is 331 g/mol. The first-order valence-corrected chi connectivity index (χ1v) is 8.39. The summed E-state index contributed by atoms with van der Waals surface area (Å²) in [5.74, 6) is 0.223. The van der Waals surface area contributed by atoms with E-state index in [1.807, 2.05) is 19.9 Å². The maximum absolute atomic E-state index is 12.3. The van der Waals surface area contributed by atoms with Gasteiger partial charge in [0, 0.05) is 18.0 Å². The maximum atomic E-state index is 12.3. The van der Waals surface area contributed by atoms with Crippen LogP contribution >= 0.6 is 0 Å².